The molecule has 0 amide bonds. The summed E-state index contributed by atoms with van der Waals surface area (Å²) in [6.45, 7) is 6.43. The van der Waals surface area contributed by atoms with Gasteiger partial charge in [-0.05, 0) is 37.5 Å². The fourth-order valence-corrected chi connectivity index (χ4v) is 2.57. The Balaban J connectivity index is 2.48. The van der Waals surface area contributed by atoms with Gasteiger partial charge in [0.15, 0.2) is 5.78 Å². The summed E-state index contributed by atoms with van der Waals surface area (Å²) in [5.74, 6) is 0.513. The molecule has 0 aliphatic heterocycles. The summed E-state index contributed by atoms with van der Waals surface area (Å²) in [5.41, 5.74) is 3.00. The first-order chi connectivity index (χ1) is 10.1. The van der Waals surface area contributed by atoms with E-state index < -0.39 is 0 Å². The standard InChI is InChI=1S/C18H19ClO2/c1-4-11-21-15-10-9-13(3)16(17(15)19)18(20)14-8-6-5-7-12(14)2/h5-10H,4,11H2,1-3H3. The molecule has 0 fully saturated rings. The fourth-order valence-electron chi connectivity index (χ4n) is 2.22. The lowest BCUT2D eigenvalue weighted by Gasteiger charge is -2.13. The van der Waals surface area contributed by atoms with Crippen molar-refractivity contribution in [2.24, 2.45) is 0 Å². The van der Waals surface area contributed by atoms with Crippen LogP contribution in [0.4, 0.5) is 0 Å². The van der Waals surface area contributed by atoms with Crippen molar-refractivity contribution in [3.8, 4) is 5.75 Å². The molecule has 0 saturated carbocycles. The Morgan fingerprint density at radius 3 is 2.48 bits per heavy atom. The molecular formula is C18H19ClO2. The third kappa shape index (κ3) is 3.27. The van der Waals surface area contributed by atoms with Crippen LogP contribution in [0.1, 0.15) is 40.4 Å². The summed E-state index contributed by atoms with van der Waals surface area (Å²) >= 11 is 6.40. The molecule has 0 aromatic heterocycles. The number of hydrogen-bond donors (Lipinski definition) is 0. The van der Waals surface area contributed by atoms with E-state index in [1.807, 2.05) is 57.2 Å². The quantitative estimate of drug-likeness (QED) is 0.728. The monoisotopic (exact) mass is 302 g/mol. The van der Waals surface area contributed by atoms with Crippen LogP contribution in [0.2, 0.25) is 5.02 Å². The van der Waals surface area contributed by atoms with E-state index in [-0.39, 0.29) is 5.78 Å². The second-order valence-electron chi connectivity index (χ2n) is 5.06. The molecular weight excluding hydrogens is 284 g/mol. The largest absolute Gasteiger partial charge is 0.492 e. The second kappa shape index (κ2) is 6.77. The summed E-state index contributed by atoms with van der Waals surface area (Å²) in [5, 5.41) is 0.400. The third-order valence-electron chi connectivity index (χ3n) is 3.39. The van der Waals surface area contributed by atoms with Crippen LogP contribution in [-0.4, -0.2) is 12.4 Å². The predicted octanol–water partition coefficient (Wildman–Crippen LogP) is 4.98. The molecule has 110 valence electrons. The minimum atomic E-state index is -0.0578. The summed E-state index contributed by atoms with van der Waals surface area (Å²) in [6.07, 6.45) is 0.894. The predicted molar refractivity (Wildman–Crippen MR) is 86.6 cm³/mol. The van der Waals surface area contributed by atoms with Gasteiger partial charge in [0, 0.05) is 11.1 Å². The van der Waals surface area contributed by atoms with Crippen LogP contribution in [-0.2, 0) is 0 Å². The summed E-state index contributed by atoms with van der Waals surface area (Å²) < 4.78 is 5.61. The van der Waals surface area contributed by atoms with Gasteiger partial charge in [-0.25, -0.2) is 0 Å². The van der Waals surface area contributed by atoms with Crippen LogP contribution in [0.5, 0.6) is 5.75 Å². The van der Waals surface area contributed by atoms with Gasteiger partial charge in [-0.2, -0.15) is 0 Å². The molecule has 0 N–H and O–H groups in total. The Labute approximate surface area is 130 Å². The number of aryl methyl sites for hydroxylation is 2. The zero-order valence-electron chi connectivity index (χ0n) is 12.6. The SMILES string of the molecule is CCCOc1ccc(C)c(C(=O)c2ccccc2C)c1Cl. The molecule has 2 aromatic carbocycles. The molecule has 0 atom stereocenters. The van der Waals surface area contributed by atoms with E-state index in [1.165, 1.54) is 0 Å². The average Bonchev–Trinajstić information content (AvgIpc) is 2.47. The lowest BCUT2D eigenvalue weighted by Crippen LogP contribution is -2.08. The first-order valence-electron chi connectivity index (χ1n) is 7.08. The lowest BCUT2D eigenvalue weighted by atomic mass is 9.96. The smallest absolute Gasteiger partial charge is 0.195 e. The van der Waals surface area contributed by atoms with Crippen LogP contribution in [0.25, 0.3) is 0 Å². The molecule has 0 saturated heterocycles. The Morgan fingerprint density at radius 1 is 1.10 bits per heavy atom. The molecule has 0 spiro atoms. The van der Waals surface area contributed by atoms with Crippen LogP contribution in [0.3, 0.4) is 0 Å². The van der Waals surface area contributed by atoms with Gasteiger partial charge >= 0.3 is 0 Å². The number of rotatable bonds is 5. The van der Waals surface area contributed by atoms with Crippen LogP contribution in [0.15, 0.2) is 36.4 Å². The van der Waals surface area contributed by atoms with Gasteiger partial charge in [0.1, 0.15) is 5.75 Å². The normalized spacial score (nSPS) is 10.5. The number of benzene rings is 2. The highest BCUT2D eigenvalue weighted by atomic mass is 35.5. The second-order valence-corrected chi connectivity index (χ2v) is 5.44. The van der Waals surface area contributed by atoms with Crippen LogP contribution < -0.4 is 4.74 Å². The van der Waals surface area contributed by atoms with Crippen molar-refractivity contribution in [3.63, 3.8) is 0 Å². The van der Waals surface area contributed by atoms with E-state index in [2.05, 4.69) is 0 Å². The zero-order valence-corrected chi connectivity index (χ0v) is 13.3. The molecule has 2 nitrogen and oxygen atoms in total. The molecule has 0 unspecified atom stereocenters. The molecule has 0 heterocycles. The van der Waals surface area contributed by atoms with Crippen molar-refractivity contribution in [2.75, 3.05) is 6.61 Å². The first kappa shape index (κ1) is 15.6. The van der Waals surface area contributed by atoms with E-state index in [9.17, 15) is 4.79 Å². The molecule has 2 aromatic rings. The van der Waals surface area contributed by atoms with Crippen molar-refractivity contribution in [3.05, 3.63) is 63.7 Å². The summed E-state index contributed by atoms with van der Waals surface area (Å²) in [7, 11) is 0. The van der Waals surface area contributed by atoms with Crippen molar-refractivity contribution in [1.82, 2.24) is 0 Å². The first-order valence-corrected chi connectivity index (χ1v) is 7.46. The summed E-state index contributed by atoms with van der Waals surface area (Å²) in [6, 6.07) is 11.2. The maximum atomic E-state index is 12.8. The van der Waals surface area contributed by atoms with Gasteiger partial charge in [-0.3, -0.25) is 4.79 Å². The molecule has 2 rings (SSSR count). The Hall–Kier alpha value is -1.80. The van der Waals surface area contributed by atoms with Crippen molar-refractivity contribution >= 4 is 17.4 Å². The number of carbonyl (C=O) groups is 1. The molecule has 0 bridgehead atoms. The molecule has 3 heteroatoms. The maximum absolute atomic E-state index is 12.8. The number of carbonyl (C=O) groups excluding carboxylic acids is 1. The molecule has 0 aliphatic rings. The zero-order chi connectivity index (χ0) is 15.4. The van der Waals surface area contributed by atoms with E-state index in [0.717, 1.165) is 17.5 Å². The van der Waals surface area contributed by atoms with Crippen LogP contribution >= 0.6 is 11.6 Å². The highest BCUT2D eigenvalue weighted by Gasteiger charge is 2.20. The van der Waals surface area contributed by atoms with E-state index in [1.54, 1.807) is 0 Å². The summed E-state index contributed by atoms with van der Waals surface area (Å²) in [4.78, 5) is 12.8. The third-order valence-corrected chi connectivity index (χ3v) is 3.77. The number of halogens is 1. The van der Waals surface area contributed by atoms with Gasteiger partial charge in [0.2, 0.25) is 0 Å². The Bertz CT molecular complexity index is 662. The van der Waals surface area contributed by atoms with Crippen molar-refractivity contribution in [1.29, 1.82) is 0 Å². The Morgan fingerprint density at radius 2 is 1.81 bits per heavy atom. The molecule has 0 aliphatic carbocycles. The highest BCUT2D eigenvalue weighted by molar-refractivity contribution is 6.36. The Kier molecular flexibility index (Phi) is 5.03. The van der Waals surface area contributed by atoms with Crippen LogP contribution in [0, 0.1) is 13.8 Å². The minimum absolute atomic E-state index is 0.0578. The van der Waals surface area contributed by atoms with Crippen molar-refractivity contribution in [2.45, 2.75) is 27.2 Å². The lowest BCUT2D eigenvalue weighted by molar-refractivity contribution is 0.103. The average molecular weight is 303 g/mol. The van der Waals surface area contributed by atoms with Gasteiger partial charge in [0.25, 0.3) is 0 Å². The topological polar surface area (TPSA) is 26.3 Å². The fraction of sp³-hybridized carbons (Fsp3) is 0.278. The number of ether oxygens (including phenoxy) is 1. The molecule has 21 heavy (non-hydrogen) atoms. The van der Waals surface area contributed by atoms with Gasteiger partial charge in [0.05, 0.1) is 11.6 Å². The highest BCUT2D eigenvalue weighted by Crippen LogP contribution is 2.32. The van der Waals surface area contributed by atoms with E-state index >= 15 is 0 Å². The number of ketones is 1. The maximum Gasteiger partial charge on any atom is 0.195 e. The molecule has 0 radical (unpaired) electrons. The number of hydrogen-bond acceptors (Lipinski definition) is 2. The van der Waals surface area contributed by atoms with Gasteiger partial charge < -0.3 is 4.74 Å². The van der Waals surface area contributed by atoms with Crippen molar-refractivity contribution < 1.29 is 9.53 Å². The minimum Gasteiger partial charge on any atom is -0.492 e. The van der Waals surface area contributed by atoms with Gasteiger partial charge in [-0.15, -0.1) is 0 Å². The van der Waals surface area contributed by atoms with Gasteiger partial charge in [-0.1, -0.05) is 48.9 Å². The van der Waals surface area contributed by atoms with E-state index in [4.69, 9.17) is 16.3 Å². The van der Waals surface area contributed by atoms with E-state index in [0.29, 0.717) is 28.5 Å².